The van der Waals surface area contributed by atoms with Gasteiger partial charge in [-0.05, 0) is 0 Å². The second-order valence-corrected chi connectivity index (χ2v) is 2.52. The van der Waals surface area contributed by atoms with Gasteiger partial charge in [0.25, 0.3) is 5.79 Å². The molecule has 0 aliphatic carbocycles. The van der Waals surface area contributed by atoms with E-state index in [0.717, 1.165) is 0 Å². The zero-order valence-electron chi connectivity index (χ0n) is 3.84. The molecule has 0 bridgehead atoms. The SMILES string of the molecule is C1OC12OC13OC21O3. The Morgan fingerprint density at radius 1 is 1.12 bits per heavy atom. The topological polar surface area (TPSA) is 46.8 Å². The van der Waals surface area contributed by atoms with Gasteiger partial charge in [0.05, 0.1) is 0 Å². The van der Waals surface area contributed by atoms with Gasteiger partial charge < -0.3 is 4.74 Å². The number of rotatable bonds is 0. The van der Waals surface area contributed by atoms with Crippen LogP contribution in [0.4, 0.5) is 0 Å². The van der Waals surface area contributed by atoms with E-state index >= 15 is 0 Å². The van der Waals surface area contributed by atoms with Gasteiger partial charge in [0, 0.05) is 0 Å². The third kappa shape index (κ3) is 0.101. The summed E-state index contributed by atoms with van der Waals surface area (Å²) in [7, 11) is 0. The molecule has 0 amide bonds. The fraction of sp³-hybridized carbons (Fsp3) is 1.00. The van der Waals surface area contributed by atoms with E-state index in [1.807, 2.05) is 0 Å². The maximum atomic E-state index is 5.10. The average Bonchev–Trinajstić information content (AvgIpc) is 2.26. The highest BCUT2D eigenvalue weighted by atomic mass is 17.2. The molecule has 8 heavy (non-hydrogen) atoms. The van der Waals surface area contributed by atoms with Gasteiger partial charge in [-0.15, -0.1) is 0 Å². The van der Waals surface area contributed by atoms with Crippen LogP contribution in [-0.4, -0.2) is 24.2 Å². The summed E-state index contributed by atoms with van der Waals surface area (Å²) in [5.74, 6) is -1.43. The standard InChI is InChI=1S/C4H2O4/c1-2(5-1)3-4(6-2,7-3)8-3/h1H2. The molecule has 4 rings (SSSR count). The minimum absolute atomic E-state index is 0.403. The van der Waals surface area contributed by atoms with E-state index in [1.54, 1.807) is 0 Å². The molecule has 1 spiro atoms. The lowest BCUT2D eigenvalue weighted by Crippen LogP contribution is -2.37. The van der Waals surface area contributed by atoms with Crippen LogP contribution in [0.3, 0.4) is 0 Å². The van der Waals surface area contributed by atoms with Gasteiger partial charge in [-0.2, -0.15) is 0 Å². The van der Waals surface area contributed by atoms with Crippen molar-refractivity contribution >= 4 is 0 Å². The maximum absolute atomic E-state index is 5.10. The third-order valence-corrected chi connectivity index (χ3v) is 2.08. The molecule has 4 fully saturated rings. The Labute approximate surface area is 44.3 Å². The first-order valence-corrected chi connectivity index (χ1v) is 2.57. The average molecular weight is 114 g/mol. The molecule has 0 radical (unpaired) electrons. The second-order valence-electron chi connectivity index (χ2n) is 2.52. The predicted molar refractivity (Wildman–Crippen MR) is 17.4 cm³/mol. The summed E-state index contributed by atoms with van der Waals surface area (Å²) in [4.78, 5) is 0. The Kier molecular flexibility index (Phi) is 0.174. The van der Waals surface area contributed by atoms with Gasteiger partial charge in [0.2, 0.25) is 0 Å². The van der Waals surface area contributed by atoms with Crippen LogP contribution in [0.25, 0.3) is 0 Å². The van der Waals surface area contributed by atoms with Crippen LogP contribution in [0.15, 0.2) is 0 Å². The number of ether oxygens (including phenoxy) is 4. The molecule has 1 unspecified atom stereocenters. The van der Waals surface area contributed by atoms with Crippen LogP contribution in [0.2, 0.25) is 0 Å². The molecule has 4 saturated heterocycles. The van der Waals surface area contributed by atoms with Gasteiger partial charge >= 0.3 is 11.8 Å². The highest BCUT2D eigenvalue weighted by Crippen LogP contribution is 2.86. The fourth-order valence-corrected chi connectivity index (χ4v) is 1.39. The molecule has 4 aliphatic heterocycles. The van der Waals surface area contributed by atoms with Gasteiger partial charge in [0.1, 0.15) is 6.61 Å². The van der Waals surface area contributed by atoms with E-state index in [-0.39, 0.29) is 0 Å². The molecule has 4 aliphatic rings. The van der Waals surface area contributed by atoms with Crippen molar-refractivity contribution in [1.29, 1.82) is 0 Å². The molecule has 4 heteroatoms. The van der Waals surface area contributed by atoms with E-state index < -0.39 is 17.5 Å². The van der Waals surface area contributed by atoms with Crippen LogP contribution < -0.4 is 0 Å². The molecule has 0 aromatic carbocycles. The van der Waals surface area contributed by atoms with E-state index in [4.69, 9.17) is 18.9 Å². The smallest absolute Gasteiger partial charge is 0.337 e. The summed E-state index contributed by atoms with van der Waals surface area (Å²) in [5, 5.41) is 0. The molecule has 0 N–H and O–H groups in total. The van der Waals surface area contributed by atoms with Crippen LogP contribution >= 0.6 is 0 Å². The molecule has 0 aromatic heterocycles. The van der Waals surface area contributed by atoms with Gasteiger partial charge in [-0.25, -0.2) is 0 Å². The van der Waals surface area contributed by atoms with E-state index in [1.165, 1.54) is 0 Å². The Balaban J connectivity index is 2.02. The summed E-state index contributed by atoms with van der Waals surface area (Å²) in [6, 6.07) is 0. The highest BCUT2D eigenvalue weighted by Gasteiger charge is 3.15. The molecule has 42 valence electrons. The first kappa shape index (κ1) is 3.12. The number of epoxide rings is 3. The van der Waals surface area contributed by atoms with Gasteiger partial charge in [-0.3, -0.25) is 14.2 Å². The zero-order chi connectivity index (χ0) is 5.04. The highest BCUT2D eigenvalue weighted by molar-refractivity contribution is 5.33. The molecule has 4 nitrogen and oxygen atoms in total. The third-order valence-electron chi connectivity index (χ3n) is 2.08. The molecule has 0 saturated carbocycles. The van der Waals surface area contributed by atoms with Gasteiger partial charge in [0.15, 0.2) is 0 Å². The van der Waals surface area contributed by atoms with Crippen molar-refractivity contribution in [2.24, 2.45) is 0 Å². The minimum Gasteiger partial charge on any atom is -0.337 e. The zero-order valence-corrected chi connectivity index (χ0v) is 3.84. The van der Waals surface area contributed by atoms with E-state index in [0.29, 0.717) is 6.61 Å². The molecular formula is C4H2O4. The Morgan fingerprint density at radius 2 is 1.88 bits per heavy atom. The lowest BCUT2D eigenvalue weighted by atomic mass is 10.2. The Hall–Kier alpha value is -0.160. The summed E-state index contributed by atoms with van der Waals surface area (Å²) in [6.45, 7) is 0.634. The quantitative estimate of drug-likeness (QED) is 0.385. The predicted octanol–water partition coefficient (Wildman–Crippen LogP) is -0.846. The van der Waals surface area contributed by atoms with Crippen molar-refractivity contribution in [3.05, 3.63) is 0 Å². The van der Waals surface area contributed by atoms with Crippen molar-refractivity contribution in [3.63, 3.8) is 0 Å². The normalized spacial score (nSPS) is 87.0. The van der Waals surface area contributed by atoms with Gasteiger partial charge in [-0.1, -0.05) is 0 Å². The monoisotopic (exact) mass is 114 g/mol. The van der Waals surface area contributed by atoms with Crippen molar-refractivity contribution in [3.8, 4) is 0 Å². The number of hydrogen-bond acceptors (Lipinski definition) is 4. The number of hydrogen-bond donors (Lipinski definition) is 0. The lowest BCUT2D eigenvalue weighted by Gasteiger charge is -2.07. The van der Waals surface area contributed by atoms with Crippen LogP contribution in [0.5, 0.6) is 0 Å². The summed E-state index contributed by atoms with van der Waals surface area (Å²) < 4.78 is 20.1. The molecule has 0 aromatic rings. The van der Waals surface area contributed by atoms with Crippen molar-refractivity contribution in [2.45, 2.75) is 17.5 Å². The Morgan fingerprint density at radius 3 is 2.00 bits per heavy atom. The van der Waals surface area contributed by atoms with Crippen molar-refractivity contribution < 1.29 is 18.9 Å². The van der Waals surface area contributed by atoms with E-state index in [9.17, 15) is 0 Å². The van der Waals surface area contributed by atoms with Crippen LogP contribution in [-0.2, 0) is 18.9 Å². The largest absolute Gasteiger partial charge is 0.355 e. The van der Waals surface area contributed by atoms with Crippen LogP contribution in [0, 0.1) is 0 Å². The first-order chi connectivity index (χ1) is 3.83. The first-order valence-electron chi connectivity index (χ1n) is 2.57. The maximum Gasteiger partial charge on any atom is 0.355 e. The van der Waals surface area contributed by atoms with Crippen LogP contribution in [0.1, 0.15) is 0 Å². The minimum atomic E-state index is -0.594. The van der Waals surface area contributed by atoms with Crippen molar-refractivity contribution in [2.75, 3.05) is 6.61 Å². The lowest BCUT2D eigenvalue weighted by molar-refractivity contribution is -0.165. The Bertz CT molecular complexity index is 200. The fourth-order valence-electron chi connectivity index (χ4n) is 1.39. The molecule has 4 heterocycles. The summed E-state index contributed by atoms with van der Waals surface area (Å²) >= 11 is 0. The summed E-state index contributed by atoms with van der Waals surface area (Å²) in [5.41, 5.74) is 0. The van der Waals surface area contributed by atoms with E-state index in [2.05, 4.69) is 0 Å². The molecular weight excluding hydrogens is 112 g/mol. The summed E-state index contributed by atoms with van der Waals surface area (Å²) in [6.07, 6.45) is 0. The second kappa shape index (κ2) is 0.447. The van der Waals surface area contributed by atoms with Crippen molar-refractivity contribution in [1.82, 2.24) is 0 Å². The molecule has 1 atom stereocenters.